The van der Waals surface area contributed by atoms with Gasteiger partial charge in [0.05, 0.1) is 31.1 Å². The molecule has 0 radical (unpaired) electrons. The number of carbonyl (C=O) groups excluding carboxylic acids is 1. The summed E-state index contributed by atoms with van der Waals surface area (Å²) in [6.45, 7) is 6.46. The van der Waals surface area contributed by atoms with Crippen molar-refractivity contribution >= 4 is 35.3 Å². The minimum atomic E-state index is -0.275. The SMILES string of the molecule is C/C=C(\C=C/CCl)N(/N=C\CN1CCCC2(CC1)COCCO2)C(=O)CCl. The van der Waals surface area contributed by atoms with E-state index in [1.54, 1.807) is 24.4 Å². The van der Waals surface area contributed by atoms with Crippen LogP contribution in [0.1, 0.15) is 26.2 Å². The summed E-state index contributed by atoms with van der Waals surface area (Å²) in [5, 5.41) is 5.69. The Hall–Kier alpha value is -0.920. The average molecular weight is 418 g/mol. The number of halogens is 2. The molecule has 0 N–H and O–H groups in total. The predicted octanol–water partition coefficient (Wildman–Crippen LogP) is 3.01. The van der Waals surface area contributed by atoms with Crippen LogP contribution in [0.3, 0.4) is 0 Å². The Morgan fingerprint density at radius 3 is 2.81 bits per heavy atom. The van der Waals surface area contributed by atoms with Gasteiger partial charge < -0.3 is 9.47 Å². The van der Waals surface area contributed by atoms with E-state index in [2.05, 4.69) is 10.0 Å². The van der Waals surface area contributed by atoms with Gasteiger partial charge in [-0.2, -0.15) is 5.10 Å². The number of likely N-dealkylation sites (tertiary alicyclic amines) is 1. The lowest BCUT2D eigenvalue weighted by Gasteiger charge is -2.36. The summed E-state index contributed by atoms with van der Waals surface area (Å²) in [6.07, 6.45) is 10.1. The first-order valence-corrected chi connectivity index (χ1v) is 10.5. The minimum Gasteiger partial charge on any atom is -0.376 e. The van der Waals surface area contributed by atoms with E-state index in [-0.39, 0.29) is 17.4 Å². The monoisotopic (exact) mass is 417 g/mol. The Morgan fingerprint density at radius 1 is 1.30 bits per heavy atom. The molecule has 0 saturated carbocycles. The Kier molecular flexibility index (Phi) is 9.79. The van der Waals surface area contributed by atoms with Crippen LogP contribution in [-0.2, 0) is 14.3 Å². The number of hydrazone groups is 1. The number of ether oxygens (including phenoxy) is 2. The summed E-state index contributed by atoms with van der Waals surface area (Å²) in [4.78, 5) is 14.5. The lowest BCUT2D eigenvalue weighted by atomic mass is 9.95. The van der Waals surface area contributed by atoms with Crippen molar-refractivity contribution in [1.82, 2.24) is 9.91 Å². The van der Waals surface area contributed by atoms with Crippen LogP contribution >= 0.6 is 23.2 Å². The van der Waals surface area contributed by atoms with Gasteiger partial charge in [-0.05, 0) is 38.8 Å². The van der Waals surface area contributed by atoms with Crippen LogP contribution in [0.2, 0.25) is 0 Å². The van der Waals surface area contributed by atoms with Crippen LogP contribution < -0.4 is 0 Å². The summed E-state index contributed by atoms with van der Waals surface area (Å²) in [6, 6.07) is 0. The van der Waals surface area contributed by atoms with E-state index in [0.717, 1.165) is 32.4 Å². The van der Waals surface area contributed by atoms with Crippen LogP contribution in [0, 0.1) is 0 Å². The summed E-state index contributed by atoms with van der Waals surface area (Å²) < 4.78 is 11.7. The van der Waals surface area contributed by atoms with Crippen LogP contribution in [-0.4, -0.2) is 78.8 Å². The molecule has 8 heteroatoms. The highest BCUT2D eigenvalue weighted by molar-refractivity contribution is 6.27. The maximum atomic E-state index is 12.1. The Labute approximate surface area is 171 Å². The molecule has 2 fully saturated rings. The molecule has 0 aliphatic carbocycles. The third-order valence-corrected chi connectivity index (χ3v) is 5.20. The molecule has 2 aliphatic rings. The number of nitrogens with zero attached hydrogens (tertiary/aromatic N) is 3. The fourth-order valence-corrected chi connectivity index (χ4v) is 3.53. The van der Waals surface area contributed by atoms with E-state index in [1.165, 1.54) is 5.01 Å². The number of allylic oxidation sites excluding steroid dienone is 3. The zero-order valence-electron chi connectivity index (χ0n) is 15.9. The molecule has 1 spiro atoms. The second-order valence-corrected chi connectivity index (χ2v) is 7.22. The van der Waals surface area contributed by atoms with Crippen LogP contribution in [0.4, 0.5) is 0 Å². The molecule has 1 unspecified atom stereocenters. The van der Waals surface area contributed by atoms with E-state index >= 15 is 0 Å². The van der Waals surface area contributed by atoms with Crippen molar-refractivity contribution in [2.24, 2.45) is 5.10 Å². The summed E-state index contributed by atoms with van der Waals surface area (Å²) in [5.74, 6) is -0.0408. The smallest absolute Gasteiger partial charge is 0.262 e. The van der Waals surface area contributed by atoms with Crippen molar-refractivity contribution in [3.63, 3.8) is 0 Å². The molecule has 2 aliphatic heterocycles. The number of rotatable bonds is 7. The number of hydrogen-bond donors (Lipinski definition) is 0. The molecule has 152 valence electrons. The van der Waals surface area contributed by atoms with Crippen molar-refractivity contribution in [3.8, 4) is 0 Å². The first kappa shape index (κ1) is 22.4. The maximum absolute atomic E-state index is 12.1. The number of alkyl halides is 2. The van der Waals surface area contributed by atoms with Gasteiger partial charge in [-0.25, -0.2) is 5.01 Å². The van der Waals surface area contributed by atoms with E-state index in [0.29, 0.717) is 37.9 Å². The molecule has 2 heterocycles. The summed E-state index contributed by atoms with van der Waals surface area (Å²) in [5.41, 5.74) is 0.523. The molecule has 1 atom stereocenters. The van der Waals surface area contributed by atoms with E-state index in [4.69, 9.17) is 32.7 Å². The Morgan fingerprint density at radius 2 is 2.15 bits per heavy atom. The molecule has 0 aromatic heterocycles. The van der Waals surface area contributed by atoms with Crippen molar-refractivity contribution in [2.75, 3.05) is 51.2 Å². The van der Waals surface area contributed by atoms with E-state index in [9.17, 15) is 4.79 Å². The summed E-state index contributed by atoms with van der Waals surface area (Å²) >= 11 is 11.4. The lowest BCUT2D eigenvalue weighted by molar-refractivity contribution is -0.162. The lowest BCUT2D eigenvalue weighted by Crippen LogP contribution is -2.44. The van der Waals surface area contributed by atoms with Gasteiger partial charge in [0, 0.05) is 25.2 Å². The molecule has 2 saturated heterocycles. The Bertz CT molecular complexity index is 560. The topological polar surface area (TPSA) is 54.4 Å². The molecule has 0 aromatic carbocycles. The third-order valence-electron chi connectivity index (χ3n) is 4.80. The van der Waals surface area contributed by atoms with Crippen molar-refractivity contribution in [2.45, 2.75) is 31.8 Å². The molecule has 0 aromatic rings. The number of hydrogen-bond acceptors (Lipinski definition) is 5. The largest absolute Gasteiger partial charge is 0.376 e. The molecular weight excluding hydrogens is 389 g/mol. The predicted molar refractivity (Wildman–Crippen MR) is 109 cm³/mol. The van der Waals surface area contributed by atoms with Gasteiger partial charge in [0.25, 0.3) is 5.91 Å². The standard InChI is InChI=1S/C19H29Cl2N3O3/c1-2-17(5-3-8-20)24(18(25)15-21)22-9-12-23-10-4-6-19(7-11-23)16-26-13-14-27-19/h2-3,5,9H,4,6-8,10-16H2,1H3/b5-3-,17-2+,22-9-. The van der Waals surface area contributed by atoms with Crippen molar-refractivity contribution in [1.29, 1.82) is 0 Å². The van der Waals surface area contributed by atoms with Crippen molar-refractivity contribution in [3.05, 3.63) is 23.9 Å². The van der Waals surface area contributed by atoms with Crippen LogP contribution in [0.15, 0.2) is 29.0 Å². The van der Waals surface area contributed by atoms with Gasteiger partial charge in [-0.3, -0.25) is 9.69 Å². The van der Waals surface area contributed by atoms with Crippen LogP contribution in [0.5, 0.6) is 0 Å². The molecule has 6 nitrogen and oxygen atoms in total. The third kappa shape index (κ3) is 6.88. The van der Waals surface area contributed by atoms with Gasteiger partial charge in [-0.15, -0.1) is 23.2 Å². The fourth-order valence-electron chi connectivity index (χ4n) is 3.33. The maximum Gasteiger partial charge on any atom is 0.262 e. The Balaban J connectivity index is 1.94. The minimum absolute atomic E-state index is 0.130. The number of amides is 1. The van der Waals surface area contributed by atoms with Crippen LogP contribution in [0.25, 0.3) is 0 Å². The first-order chi connectivity index (χ1) is 13.1. The summed E-state index contributed by atoms with van der Waals surface area (Å²) in [7, 11) is 0. The van der Waals surface area contributed by atoms with E-state index in [1.807, 2.05) is 6.92 Å². The quantitative estimate of drug-likeness (QED) is 0.276. The number of carbonyl (C=O) groups is 1. The van der Waals surface area contributed by atoms with Gasteiger partial charge in [0.15, 0.2) is 0 Å². The zero-order chi connectivity index (χ0) is 19.5. The molecule has 2 rings (SSSR count). The van der Waals surface area contributed by atoms with E-state index < -0.39 is 0 Å². The molecular formula is C19H29Cl2N3O3. The molecule has 1 amide bonds. The van der Waals surface area contributed by atoms with Gasteiger partial charge in [0.2, 0.25) is 0 Å². The zero-order valence-corrected chi connectivity index (χ0v) is 17.4. The van der Waals surface area contributed by atoms with Gasteiger partial charge in [0.1, 0.15) is 5.88 Å². The van der Waals surface area contributed by atoms with Gasteiger partial charge >= 0.3 is 0 Å². The fraction of sp³-hybridized carbons (Fsp3) is 0.684. The normalized spacial score (nSPS) is 25.4. The second kappa shape index (κ2) is 11.8. The average Bonchev–Trinajstić information content (AvgIpc) is 2.89. The second-order valence-electron chi connectivity index (χ2n) is 6.65. The highest BCUT2D eigenvalue weighted by Gasteiger charge is 2.35. The van der Waals surface area contributed by atoms with Gasteiger partial charge in [-0.1, -0.05) is 12.2 Å². The first-order valence-electron chi connectivity index (χ1n) is 9.38. The molecule has 27 heavy (non-hydrogen) atoms. The highest BCUT2D eigenvalue weighted by Crippen LogP contribution is 2.28. The highest BCUT2D eigenvalue weighted by atomic mass is 35.5. The van der Waals surface area contributed by atoms with Crippen molar-refractivity contribution < 1.29 is 14.3 Å². The molecule has 0 bridgehead atoms.